The summed E-state index contributed by atoms with van der Waals surface area (Å²) in [6.45, 7) is 3.13. The van der Waals surface area contributed by atoms with E-state index in [1.165, 1.54) is 0 Å². The fourth-order valence-corrected chi connectivity index (χ4v) is 4.03. The molecule has 8 heteroatoms. The van der Waals surface area contributed by atoms with E-state index in [2.05, 4.69) is 15.0 Å². The number of halogens is 1. The number of carbonyl (C=O) groups excluding carboxylic acids is 1. The molecule has 3 aromatic rings. The number of piperidine rings is 1. The summed E-state index contributed by atoms with van der Waals surface area (Å²) in [5, 5.41) is 0.665. The molecule has 3 heterocycles. The molecule has 0 N–H and O–H groups in total. The van der Waals surface area contributed by atoms with Crippen molar-refractivity contribution < 1.29 is 4.79 Å². The van der Waals surface area contributed by atoms with Crippen LogP contribution in [0.3, 0.4) is 0 Å². The number of anilines is 1. The molecule has 0 aliphatic carbocycles. The van der Waals surface area contributed by atoms with Gasteiger partial charge in [0.15, 0.2) is 0 Å². The highest BCUT2D eigenvalue weighted by Gasteiger charge is 2.29. The lowest BCUT2D eigenvalue weighted by Gasteiger charge is -2.33. The van der Waals surface area contributed by atoms with Crippen LogP contribution in [0.2, 0.25) is 5.02 Å². The highest BCUT2D eigenvalue weighted by molar-refractivity contribution is 6.30. The highest BCUT2D eigenvalue weighted by atomic mass is 35.5. The van der Waals surface area contributed by atoms with Crippen LogP contribution in [0.25, 0.3) is 11.1 Å². The molecule has 1 saturated heterocycles. The Kier molecular flexibility index (Phi) is 6.13. The van der Waals surface area contributed by atoms with Crippen molar-refractivity contribution in [3.8, 4) is 11.1 Å². The zero-order valence-corrected chi connectivity index (χ0v) is 18.7. The van der Waals surface area contributed by atoms with Gasteiger partial charge in [0.1, 0.15) is 5.69 Å². The van der Waals surface area contributed by atoms with E-state index >= 15 is 0 Å². The molecule has 1 aliphatic rings. The van der Waals surface area contributed by atoms with Crippen molar-refractivity contribution in [2.75, 3.05) is 32.1 Å². The second-order valence-corrected chi connectivity index (χ2v) is 8.44. The smallest absolute Gasteiger partial charge is 0.274 e. The summed E-state index contributed by atoms with van der Waals surface area (Å²) in [5.74, 6) is 0.642. The van der Waals surface area contributed by atoms with Crippen molar-refractivity contribution in [3.63, 3.8) is 0 Å². The molecular formula is C23H25ClN6O. The van der Waals surface area contributed by atoms with Crippen molar-refractivity contribution in [2.24, 2.45) is 0 Å². The molecule has 1 fully saturated rings. The van der Waals surface area contributed by atoms with Gasteiger partial charge < -0.3 is 9.80 Å². The van der Waals surface area contributed by atoms with Gasteiger partial charge in [-0.1, -0.05) is 23.7 Å². The molecule has 0 bridgehead atoms. The summed E-state index contributed by atoms with van der Waals surface area (Å²) in [4.78, 5) is 34.7. The van der Waals surface area contributed by atoms with E-state index in [9.17, 15) is 4.79 Å². The molecule has 2 aromatic heterocycles. The minimum absolute atomic E-state index is 0.0896. The van der Waals surface area contributed by atoms with Gasteiger partial charge in [0, 0.05) is 56.1 Å². The number of hydrogen-bond acceptors (Lipinski definition) is 6. The fraction of sp³-hybridized carbons (Fsp3) is 0.348. The van der Waals surface area contributed by atoms with E-state index in [1.807, 2.05) is 61.3 Å². The number of benzene rings is 1. The lowest BCUT2D eigenvalue weighted by Crippen LogP contribution is -2.40. The van der Waals surface area contributed by atoms with E-state index in [4.69, 9.17) is 16.6 Å². The predicted octanol–water partition coefficient (Wildman–Crippen LogP) is 3.98. The number of carbonyl (C=O) groups is 1. The minimum Gasteiger partial charge on any atom is -0.347 e. The molecule has 0 radical (unpaired) electrons. The summed E-state index contributed by atoms with van der Waals surface area (Å²) in [6.07, 6.45) is 6.87. The van der Waals surface area contributed by atoms with Gasteiger partial charge in [-0.15, -0.1) is 0 Å². The summed E-state index contributed by atoms with van der Waals surface area (Å²) in [6, 6.07) is 7.71. The molecule has 0 spiro atoms. The van der Waals surface area contributed by atoms with Gasteiger partial charge in [0.25, 0.3) is 5.91 Å². The SMILES string of the molecule is Cc1cnc(C(=O)N2CCC[C@H](c3nc(N(C)C)ncc3-c3cccc(Cl)c3)C2)cn1. The summed E-state index contributed by atoms with van der Waals surface area (Å²) < 4.78 is 0. The molecule has 0 unspecified atom stereocenters. The standard InChI is InChI=1S/C23H25ClN6O/c1-15-11-26-20(13-25-15)22(31)30-9-5-7-17(14-30)21-19(12-27-23(28-21)29(2)3)16-6-4-8-18(24)10-16/h4,6,8,10-13,17H,5,7,9,14H2,1-3H3/t17-/m0/s1. The van der Waals surface area contributed by atoms with Gasteiger partial charge >= 0.3 is 0 Å². The zero-order chi connectivity index (χ0) is 22.0. The van der Waals surface area contributed by atoms with Gasteiger partial charge in [0.2, 0.25) is 5.95 Å². The lowest BCUT2D eigenvalue weighted by molar-refractivity contribution is 0.0699. The Morgan fingerprint density at radius 2 is 2.00 bits per heavy atom. The Labute approximate surface area is 187 Å². The van der Waals surface area contributed by atoms with Crippen molar-refractivity contribution >= 4 is 23.5 Å². The molecule has 31 heavy (non-hydrogen) atoms. The first-order chi connectivity index (χ1) is 14.9. The third-order valence-corrected chi connectivity index (χ3v) is 5.67. The van der Waals surface area contributed by atoms with Crippen LogP contribution in [-0.4, -0.2) is 57.9 Å². The molecule has 0 saturated carbocycles. The maximum atomic E-state index is 13.0. The largest absolute Gasteiger partial charge is 0.347 e. The first-order valence-electron chi connectivity index (χ1n) is 10.3. The van der Waals surface area contributed by atoms with Crippen LogP contribution in [0.15, 0.2) is 42.9 Å². The first-order valence-corrected chi connectivity index (χ1v) is 10.7. The van der Waals surface area contributed by atoms with Gasteiger partial charge in [-0.25, -0.2) is 15.0 Å². The van der Waals surface area contributed by atoms with E-state index in [1.54, 1.807) is 12.4 Å². The lowest BCUT2D eigenvalue weighted by atomic mass is 9.89. The molecular weight excluding hydrogens is 412 g/mol. The van der Waals surface area contributed by atoms with Crippen molar-refractivity contribution in [2.45, 2.75) is 25.7 Å². The maximum absolute atomic E-state index is 13.0. The average molecular weight is 437 g/mol. The number of likely N-dealkylation sites (tertiary alicyclic amines) is 1. The van der Waals surface area contributed by atoms with Crippen LogP contribution in [0.1, 0.15) is 40.6 Å². The van der Waals surface area contributed by atoms with E-state index in [-0.39, 0.29) is 11.8 Å². The van der Waals surface area contributed by atoms with Crippen LogP contribution in [0.4, 0.5) is 5.95 Å². The Hall–Kier alpha value is -3.06. The Balaban J connectivity index is 1.68. The minimum atomic E-state index is -0.0941. The molecule has 1 atom stereocenters. The molecule has 1 amide bonds. The Bertz CT molecular complexity index is 1090. The quantitative estimate of drug-likeness (QED) is 0.615. The number of aryl methyl sites for hydroxylation is 1. The van der Waals surface area contributed by atoms with Gasteiger partial charge in [-0.05, 0) is 37.5 Å². The van der Waals surface area contributed by atoms with Crippen molar-refractivity contribution in [1.29, 1.82) is 0 Å². The van der Waals surface area contributed by atoms with Gasteiger partial charge in [-0.2, -0.15) is 0 Å². The molecule has 160 valence electrons. The number of nitrogens with zero attached hydrogens (tertiary/aromatic N) is 6. The molecule has 4 rings (SSSR count). The van der Waals surface area contributed by atoms with Crippen molar-refractivity contribution in [3.05, 3.63) is 65.0 Å². The van der Waals surface area contributed by atoms with Gasteiger partial charge in [-0.3, -0.25) is 9.78 Å². The summed E-state index contributed by atoms with van der Waals surface area (Å²) >= 11 is 6.24. The van der Waals surface area contributed by atoms with E-state index in [0.717, 1.165) is 35.4 Å². The Morgan fingerprint density at radius 3 is 2.71 bits per heavy atom. The maximum Gasteiger partial charge on any atom is 0.274 e. The second kappa shape index (κ2) is 8.98. The van der Waals surface area contributed by atoms with E-state index < -0.39 is 0 Å². The van der Waals surface area contributed by atoms with Crippen LogP contribution < -0.4 is 4.90 Å². The topological polar surface area (TPSA) is 75.1 Å². The third kappa shape index (κ3) is 4.66. The van der Waals surface area contributed by atoms with Crippen LogP contribution in [0.5, 0.6) is 0 Å². The number of aromatic nitrogens is 4. The Morgan fingerprint density at radius 1 is 1.16 bits per heavy atom. The van der Waals surface area contributed by atoms with Gasteiger partial charge in [0.05, 0.1) is 17.6 Å². The van der Waals surface area contributed by atoms with E-state index in [0.29, 0.717) is 29.8 Å². The molecule has 7 nitrogen and oxygen atoms in total. The number of amides is 1. The monoisotopic (exact) mass is 436 g/mol. The summed E-state index contributed by atoms with van der Waals surface area (Å²) in [7, 11) is 3.84. The summed E-state index contributed by atoms with van der Waals surface area (Å²) in [5.41, 5.74) is 4.02. The number of hydrogen-bond donors (Lipinski definition) is 0. The molecule has 1 aromatic carbocycles. The van der Waals surface area contributed by atoms with Crippen LogP contribution in [-0.2, 0) is 0 Å². The molecule has 1 aliphatic heterocycles. The highest BCUT2D eigenvalue weighted by Crippen LogP contribution is 2.35. The predicted molar refractivity (Wildman–Crippen MR) is 121 cm³/mol. The number of rotatable bonds is 4. The fourth-order valence-electron chi connectivity index (χ4n) is 3.84. The third-order valence-electron chi connectivity index (χ3n) is 5.44. The normalized spacial score (nSPS) is 16.3. The average Bonchev–Trinajstić information content (AvgIpc) is 2.79. The zero-order valence-electron chi connectivity index (χ0n) is 17.9. The van der Waals surface area contributed by atoms with Crippen LogP contribution in [0, 0.1) is 6.92 Å². The second-order valence-electron chi connectivity index (χ2n) is 8.01. The van der Waals surface area contributed by atoms with Crippen LogP contribution >= 0.6 is 11.6 Å². The first kappa shape index (κ1) is 21.2. The van der Waals surface area contributed by atoms with Crippen molar-refractivity contribution in [1.82, 2.24) is 24.8 Å².